The SMILES string of the molecule is C#CCC(O)c1cc(C)oc1C. The van der Waals surface area contributed by atoms with Crippen molar-refractivity contribution in [1.29, 1.82) is 0 Å². The average Bonchev–Trinajstić information content (AvgIpc) is 2.30. The highest BCUT2D eigenvalue weighted by Gasteiger charge is 2.12. The summed E-state index contributed by atoms with van der Waals surface area (Å²) in [7, 11) is 0. The van der Waals surface area contributed by atoms with Gasteiger partial charge in [-0.1, -0.05) is 0 Å². The van der Waals surface area contributed by atoms with E-state index in [0.29, 0.717) is 6.42 Å². The largest absolute Gasteiger partial charge is 0.466 e. The van der Waals surface area contributed by atoms with Gasteiger partial charge in [-0.2, -0.15) is 0 Å². The predicted octanol–water partition coefficient (Wildman–Crippen LogP) is 1.95. The van der Waals surface area contributed by atoms with Crippen molar-refractivity contribution in [3.8, 4) is 12.3 Å². The molecule has 12 heavy (non-hydrogen) atoms. The molecule has 1 N–H and O–H groups in total. The molecular formula is C10H12O2. The van der Waals surface area contributed by atoms with Gasteiger partial charge in [0, 0.05) is 12.0 Å². The summed E-state index contributed by atoms with van der Waals surface area (Å²) in [5, 5.41) is 9.51. The quantitative estimate of drug-likeness (QED) is 0.678. The molecule has 0 aliphatic heterocycles. The summed E-state index contributed by atoms with van der Waals surface area (Å²) in [6.07, 6.45) is 4.83. The summed E-state index contributed by atoms with van der Waals surface area (Å²) < 4.78 is 5.25. The molecule has 1 aromatic heterocycles. The zero-order valence-electron chi connectivity index (χ0n) is 7.29. The summed E-state index contributed by atoms with van der Waals surface area (Å²) in [6.45, 7) is 3.67. The van der Waals surface area contributed by atoms with E-state index in [1.54, 1.807) is 0 Å². The smallest absolute Gasteiger partial charge is 0.106 e. The number of aliphatic hydroxyl groups excluding tert-OH is 1. The molecule has 64 valence electrons. The Labute approximate surface area is 72.2 Å². The van der Waals surface area contributed by atoms with Gasteiger partial charge in [-0.15, -0.1) is 12.3 Å². The highest BCUT2D eigenvalue weighted by molar-refractivity contribution is 5.23. The first kappa shape index (κ1) is 8.89. The van der Waals surface area contributed by atoms with Crippen LogP contribution in [0.3, 0.4) is 0 Å². The van der Waals surface area contributed by atoms with Crippen LogP contribution in [0, 0.1) is 26.2 Å². The summed E-state index contributed by atoms with van der Waals surface area (Å²) in [6, 6.07) is 1.82. The van der Waals surface area contributed by atoms with E-state index in [0.717, 1.165) is 17.1 Å². The molecule has 0 radical (unpaired) electrons. The van der Waals surface area contributed by atoms with Crippen LogP contribution in [0.1, 0.15) is 29.6 Å². The second kappa shape index (κ2) is 3.46. The third kappa shape index (κ3) is 1.69. The second-order valence-electron chi connectivity index (χ2n) is 2.79. The van der Waals surface area contributed by atoms with E-state index < -0.39 is 6.10 Å². The molecule has 0 aromatic carbocycles. The zero-order chi connectivity index (χ0) is 9.14. The fourth-order valence-corrected chi connectivity index (χ4v) is 1.20. The maximum atomic E-state index is 9.51. The number of hydrogen-bond donors (Lipinski definition) is 1. The molecule has 0 fully saturated rings. The Hall–Kier alpha value is -1.20. The van der Waals surface area contributed by atoms with Crippen LogP contribution < -0.4 is 0 Å². The normalized spacial score (nSPS) is 12.5. The number of terminal acetylenes is 1. The van der Waals surface area contributed by atoms with Gasteiger partial charge < -0.3 is 9.52 Å². The maximum Gasteiger partial charge on any atom is 0.106 e. The summed E-state index contributed by atoms with van der Waals surface area (Å²) in [5.74, 6) is 3.96. The van der Waals surface area contributed by atoms with E-state index in [1.807, 2.05) is 19.9 Å². The number of aryl methyl sites for hydroxylation is 2. The number of rotatable bonds is 2. The Morgan fingerprint density at radius 1 is 1.67 bits per heavy atom. The van der Waals surface area contributed by atoms with E-state index in [1.165, 1.54) is 0 Å². The molecule has 1 atom stereocenters. The fourth-order valence-electron chi connectivity index (χ4n) is 1.20. The number of hydrogen-bond acceptors (Lipinski definition) is 2. The van der Waals surface area contributed by atoms with Gasteiger partial charge >= 0.3 is 0 Å². The number of aliphatic hydroxyl groups is 1. The van der Waals surface area contributed by atoms with E-state index in [4.69, 9.17) is 10.8 Å². The molecular weight excluding hydrogens is 152 g/mol. The van der Waals surface area contributed by atoms with Crippen molar-refractivity contribution in [3.63, 3.8) is 0 Å². The molecule has 1 unspecified atom stereocenters. The van der Waals surface area contributed by atoms with Gasteiger partial charge in [0.1, 0.15) is 11.5 Å². The molecule has 0 saturated heterocycles. The van der Waals surface area contributed by atoms with Crippen LogP contribution in [-0.2, 0) is 0 Å². The Morgan fingerprint density at radius 3 is 2.75 bits per heavy atom. The standard InChI is InChI=1S/C10H12O2/c1-4-5-10(11)9-6-7(2)12-8(9)3/h1,6,10-11H,5H2,2-3H3. The first-order chi connectivity index (χ1) is 5.65. The minimum Gasteiger partial charge on any atom is -0.466 e. The van der Waals surface area contributed by atoms with Gasteiger partial charge in [0.2, 0.25) is 0 Å². The van der Waals surface area contributed by atoms with E-state index in [2.05, 4.69) is 5.92 Å². The number of furan rings is 1. The highest BCUT2D eigenvalue weighted by atomic mass is 16.3. The topological polar surface area (TPSA) is 33.4 Å². The minimum absolute atomic E-state index is 0.333. The lowest BCUT2D eigenvalue weighted by molar-refractivity contribution is 0.182. The molecule has 0 spiro atoms. The molecule has 0 bridgehead atoms. The van der Waals surface area contributed by atoms with Crippen LogP contribution in [0.2, 0.25) is 0 Å². The van der Waals surface area contributed by atoms with Crippen LogP contribution in [0.25, 0.3) is 0 Å². The zero-order valence-corrected chi connectivity index (χ0v) is 7.29. The lowest BCUT2D eigenvalue weighted by atomic mass is 10.1. The maximum absolute atomic E-state index is 9.51. The van der Waals surface area contributed by atoms with Gasteiger partial charge in [-0.05, 0) is 19.9 Å². The molecule has 1 rings (SSSR count). The average molecular weight is 164 g/mol. The van der Waals surface area contributed by atoms with Gasteiger partial charge in [0.15, 0.2) is 0 Å². The van der Waals surface area contributed by atoms with Crippen molar-refractivity contribution in [1.82, 2.24) is 0 Å². The van der Waals surface area contributed by atoms with Crippen molar-refractivity contribution >= 4 is 0 Å². The van der Waals surface area contributed by atoms with Crippen molar-refractivity contribution in [2.45, 2.75) is 26.4 Å². The third-order valence-corrected chi connectivity index (χ3v) is 1.75. The molecule has 1 aromatic rings. The van der Waals surface area contributed by atoms with Gasteiger partial charge in [-0.3, -0.25) is 0 Å². The Kier molecular flexibility index (Phi) is 2.57. The highest BCUT2D eigenvalue weighted by Crippen LogP contribution is 2.23. The van der Waals surface area contributed by atoms with Crippen LogP contribution in [0.4, 0.5) is 0 Å². The van der Waals surface area contributed by atoms with Crippen molar-refractivity contribution < 1.29 is 9.52 Å². The van der Waals surface area contributed by atoms with Crippen molar-refractivity contribution in [3.05, 3.63) is 23.2 Å². The fraction of sp³-hybridized carbons (Fsp3) is 0.400. The summed E-state index contributed by atoms with van der Waals surface area (Å²) >= 11 is 0. The van der Waals surface area contributed by atoms with Crippen LogP contribution in [0.15, 0.2) is 10.5 Å². The molecule has 0 aliphatic rings. The molecule has 1 heterocycles. The van der Waals surface area contributed by atoms with Gasteiger partial charge in [0.25, 0.3) is 0 Å². The van der Waals surface area contributed by atoms with Crippen LogP contribution in [-0.4, -0.2) is 5.11 Å². The van der Waals surface area contributed by atoms with Crippen LogP contribution in [0.5, 0.6) is 0 Å². The minimum atomic E-state index is -0.590. The first-order valence-electron chi connectivity index (χ1n) is 3.83. The summed E-state index contributed by atoms with van der Waals surface area (Å²) in [4.78, 5) is 0. The van der Waals surface area contributed by atoms with Crippen LogP contribution >= 0.6 is 0 Å². The van der Waals surface area contributed by atoms with E-state index >= 15 is 0 Å². The van der Waals surface area contributed by atoms with E-state index in [9.17, 15) is 5.11 Å². The molecule has 2 nitrogen and oxygen atoms in total. The second-order valence-corrected chi connectivity index (χ2v) is 2.79. The molecule has 0 saturated carbocycles. The molecule has 2 heteroatoms. The van der Waals surface area contributed by atoms with E-state index in [-0.39, 0.29) is 0 Å². The summed E-state index contributed by atoms with van der Waals surface area (Å²) in [5.41, 5.74) is 0.797. The van der Waals surface area contributed by atoms with Crippen molar-refractivity contribution in [2.24, 2.45) is 0 Å². The first-order valence-corrected chi connectivity index (χ1v) is 3.83. The van der Waals surface area contributed by atoms with Gasteiger partial charge in [0.05, 0.1) is 6.10 Å². The molecule has 0 aliphatic carbocycles. The lowest BCUT2D eigenvalue weighted by Crippen LogP contribution is -1.95. The Balaban J connectivity index is 2.88. The molecule has 0 amide bonds. The Bertz CT molecular complexity index is 304. The predicted molar refractivity (Wildman–Crippen MR) is 46.6 cm³/mol. The monoisotopic (exact) mass is 164 g/mol. The van der Waals surface area contributed by atoms with Gasteiger partial charge in [-0.25, -0.2) is 0 Å². The third-order valence-electron chi connectivity index (χ3n) is 1.75. The van der Waals surface area contributed by atoms with Crippen molar-refractivity contribution in [2.75, 3.05) is 0 Å². The lowest BCUT2D eigenvalue weighted by Gasteiger charge is -2.03. The Morgan fingerprint density at radius 2 is 2.33 bits per heavy atom.